The molecule has 0 aliphatic carbocycles. The number of ether oxygens (including phenoxy) is 1. The smallest absolute Gasteiger partial charge is 0.272 e. The van der Waals surface area contributed by atoms with E-state index in [1.165, 1.54) is 30.0 Å². The number of hydrazine groups is 1. The highest BCUT2D eigenvalue weighted by Gasteiger charge is 2.23. The van der Waals surface area contributed by atoms with E-state index in [2.05, 4.69) is 26.0 Å². The Balaban J connectivity index is 1.29. The Labute approximate surface area is 204 Å². The number of para-hydroxylation sites is 1. The van der Waals surface area contributed by atoms with Crippen molar-refractivity contribution < 1.29 is 18.7 Å². The third-order valence-corrected chi connectivity index (χ3v) is 6.69. The molecule has 0 radical (unpaired) electrons. The molecular formula is C24H23FN6O3S. The molecule has 3 heterocycles. The van der Waals surface area contributed by atoms with Gasteiger partial charge in [-0.15, -0.1) is 10.2 Å². The first-order valence-corrected chi connectivity index (χ1v) is 12.2. The number of carbonyl (C=O) groups excluding carboxylic acids is 2. The second-order valence-electron chi connectivity index (χ2n) is 8.07. The van der Waals surface area contributed by atoms with Gasteiger partial charge in [0.1, 0.15) is 5.82 Å². The number of thioether (sulfide) groups is 1. The average Bonchev–Trinajstić information content (AvgIpc) is 3.62. The van der Waals surface area contributed by atoms with Gasteiger partial charge in [-0.1, -0.05) is 42.1 Å². The van der Waals surface area contributed by atoms with E-state index in [1.54, 1.807) is 6.07 Å². The van der Waals surface area contributed by atoms with Crippen LogP contribution in [-0.4, -0.2) is 50.0 Å². The van der Waals surface area contributed by atoms with E-state index in [1.807, 2.05) is 35.0 Å². The van der Waals surface area contributed by atoms with Crippen molar-refractivity contribution >= 4 is 34.5 Å². The molecular weight excluding hydrogens is 471 g/mol. The molecule has 2 amide bonds. The Hall–Kier alpha value is -3.70. The lowest BCUT2D eigenvalue weighted by Crippen LogP contribution is -2.42. The zero-order valence-electron chi connectivity index (χ0n) is 18.7. The molecule has 0 saturated carbocycles. The van der Waals surface area contributed by atoms with Crippen molar-refractivity contribution in [1.29, 1.82) is 0 Å². The number of benzene rings is 2. The van der Waals surface area contributed by atoms with Crippen LogP contribution in [0.1, 0.15) is 23.2 Å². The standard InChI is InChI=1S/C24H23FN6O3S/c25-19-9-3-1-8-17(19)23(33)29-27-21(32)14-35-24-30-28-22(31(24)13-15-6-5-11-34-15)18-12-26-20-10-4-2-7-16(18)20/h1-4,7-10,12,15,26H,5-6,11,13-14H2,(H,27,32)(H,29,33). The molecule has 0 bridgehead atoms. The normalized spacial score (nSPS) is 15.4. The van der Waals surface area contributed by atoms with E-state index in [9.17, 15) is 14.0 Å². The van der Waals surface area contributed by atoms with Crippen LogP contribution in [0.4, 0.5) is 4.39 Å². The summed E-state index contributed by atoms with van der Waals surface area (Å²) < 4.78 is 21.6. The Kier molecular flexibility index (Phi) is 6.77. The topological polar surface area (TPSA) is 114 Å². The third kappa shape index (κ3) is 5.05. The zero-order valence-corrected chi connectivity index (χ0v) is 19.5. The molecule has 2 aromatic heterocycles. The Bertz CT molecular complexity index is 1360. The van der Waals surface area contributed by atoms with Gasteiger partial charge < -0.3 is 9.72 Å². The second-order valence-corrected chi connectivity index (χ2v) is 9.01. The Morgan fingerprint density at radius 1 is 1.14 bits per heavy atom. The van der Waals surface area contributed by atoms with Crippen LogP contribution in [0.2, 0.25) is 0 Å². The van der Waals surface area contributed by atoms with E-state index in [4.69, 9.17) is 4.74 Å². The molecule has 2 aromatic carbocycles. The molecule has 1 saturated heterocycles. The summed E-state index contributed by atoms with van der Waals surface area (Å²) in [5, 5.41) is 10.4. The number of hydrogen-bond acceptors (Lipinski definition) is 6. The van der Waals surface area contributed by atoms with Gasteiger partial charge in [-0.2, -0.15) is 0 Å². The van der Waals surface area contributed by atoms with Crippen molar-refractivity contribution in [2.24, 2.45) is 0 Å². The SMILES string of the molecule is O=C(CSc1nnc(-c2c[nH]c3ccccc23)n1CC1CCCO1)NNC(=O)c1ccccc1F. The zero-order chi connectivity index (χ0) is 24.2. The van der Waals surface area contributed by atoms with E-state index in [0.717, 1.165) is 35.9 Å². The maximum atomic E-state index is 13.8. The number of halogens is 1. The minimum absolute atomic E-state index is 0.0188. The van der Waals surface area contributed by atoms with Crippen LogP contribution < -0.4 is 10.9 Å². The monoisotopic (exact) mass is 494 g/mol. The Morgan fingerprint density at radius 2 is 1.97 bits per heavy atom. The molecule has 180 valence electrons. The number of carbonyl (C=O) groups is 2. The minimum Gasteiger partial charge on any atom is -0.376 e. The highest BCUT2D eigenvalue weighted by Crippen LogP contribution is 2.31. The van der Waals surface area contributed by atoms with Gasteiger partial charge in [0, 0.05) is 29.3 Å². The first-order chi connectivity index (χ1) is 17.1. The summed E-state index contributed by atoms with van der Waals surface area (Å²) >= 11 is 1.20. The van der Waals surface area contributed by atoms with Crippen LogP contribution in [0.15, 0.2) is 59.9 Å². The summed E-state index contributed by atoms with van der Waals surface area (Å²) in [7, 11) is 0. The average molecular weight is 495 g/mol. The maximum absolute atomic E-state index is 13.8. The van der Waals surface area contributed by atoms with Crippen LogP contribution in [0, 0.1) is 5.82 Å². The summed E-state index contributed by atoms with van der Waals surface area (Å²) in [6, 6.07) is 13.5. The number of hydrogen-bond donors (Lipinski definition) is 3. The predicted octanol–water partition coefficient (Wildman–Crippen LogP) is 3.30. The fourth-order valence-corrected chi connectivity index (χ4v) is 4.76. The first-order valence-electron chi connectivity index (χ1n) is 11.2. The molecule has 1 unspecified atom stereocenters. The largest absolute Gasteiger partial charge is 0.376 e. The van der Waals surface area contributed by atoms with Gasteiger partial charge >= 0.3 is 0 Å². The lowest BCUT2D eigenvalue weighted by molar-refractivity contribution is -0.119. The van der Waals surface area contributed by atoms with Crippen molar-refractivity contribution in [2.45, 2.75) is 30.6 Å². The quantitative estimate of drug-likeness (QED) is 0.268. The van der Waals surface area contributed by atoms with E-state index >= 15 is 0 Å². The molecule has 1 atom stereocenters. The van der Waals surface area contributed by atoms with Crippen LogP contribution in [0.25, 0.3) is 22.3 Å². The number of H-pyrrole nitrogens is 1. The molecule has 4 aromatic rings. The number of fused-ring (bicyclic) bond motifs is 1. The van der Waals surface area contributed by atoms with Gasteiger partial charge in [0.15, 0.2) is 11.0 Å². The van der Waals surface area contributed by atoms with Crippen molar-refractivity contribution in [3.63, 3.8) is 0 Å². The summed E-state index contributed by atoms with van der Waals surface area (Å²) in [5.74, 6) is -1.19. The van der Waals surface area contributed by atoms with E-state index < -0.39 is 17.6 Å². The van der Waals surface area contributed by atoms with Gasteiger partial charge in [0.25, 0.3) is 5.91 Å². The molecule has 9 nitrogen and oxygen atoms in total. The van der Waals surface area contributed by atoms with Crippen LogP contribution in [0.3, 0.4) is 0 Å². The minimum atomic E-state index is -0.732. The molecule has 0 spiro atoms. The lowest BCUT2D eigenvalue weighted by Gasteiger charge is -2.14. The van der Waals surface area contributed by atoms with Crippen LogP contribution >= 0.6 is 11.8 Å². The second kappa shape index (κ2) is 10.3. The molecule has 11 heteroatoms. The fraction of sp³-hybridized carbons (Fsp3) is 0.250. The maximum Gasteiger partial charge on any atom is 0.272 e. The van der Waals surface area contributed by atoms with Crippen molar-refractivity contribution in [1.82, 2.24) is 30.6 Å². The molecule has 1 fully saturated rings. The number of aromatic amines is 1. The van der Waals surface area contributed by atoms with Crippen LogP contribution in [0.5, 0.6) is 0 Å². The summed E-state index contributed by atoms with van der Waals surface area (Å²) in [6.45, 7) is 1.29. The van der Waals surface area contributed by atoms with Gasteiger partial charge in [0.05, 0.1) is 24.0 Å². The predicted molar refractivity (Wildman–Crippen MR) is 129 cm³/mol. The van der Waals surface area contributed by atoms with Crippen molar-refractivity contribution in [3.8, 4) is 11.4 Å². The molecule has 5 rings (SSSR count). The lowest BCUT2D eigenvalue weighted by atomic mass is 10.1. The molecule has 35 heavy (non-hydrogen) atoms. The van der Waals surface area contributed by atoms with Crippen LogP contribution in [-0.2, 0) is 16.1 Å². The fourth-order valence-electron chi connectivity index (χ4n) is 4.01. The molecule has 1 aliphatic rings. The van der Waals surface area contributed by atoms with Gasteiger partial charge in [-0.25, -0.2) is 4.39 Å². The number of nitrogens with zero attached hydrogens (tertiary/aromatic N) is 3. The summed E-state index contributed by atoms with van der Waals surface area (Å²) in [5.41, 5.74) is 6.31. The third-order valence-electron chi connectivity index (χ3n) is 5.72. The summed E-state index contributed by atoms with van der Waals surface area (Å²) in [4.78, 5) is 27.8. The van der Waals surface area contributed by atoms with Crippen molar-refractivity contribution in [3.05, 3.63) is 66.1 Å². The van der Waals surface area contributed by atoms with E-state index in [-0.39, 0.29) is 17.4 Å². The molecule has 1 aliphatic heterocycles. The van der Waals surface area contributed by atoms with E-state index in [0.29, 0.717) is 17.5 Å². The van der Waals surface area contributed by atoms with Gasteiger partial charge in [-0.3, -0.25) is 25.0 Å². The van der Waals surface area contributed by atoms with Gasteiger partial charge in [0.2, 0.25) is 5.91 Å². The number of nitrogens with one attached hydrogen (secondary N) is 3. The van der Waals surface area contributed by atoms with Gasteiger partial charge in [-0.05, 0) is 31.0 Å². The number of amides is 2. The number of rotatable bonds is 7. The number of aromatic nitrogens is 4. The molecule has 3 N–H and O–H groups in total. The first kappa shape index (κ1) is 23.1. The summed E-state index contributed by atoms with van der Waals surface area (Å²) in [6.07, 6.45) is 3.89. The highest BCUT2D eigenvalue weighted by atomic mass is 32.2. The Morgan fingerprint density at radius 3 is 2.80 bits per heavy atom. The van der Waals surface area contributed by atoms with Crippen molar-refractivity contribution in [2.75, 3.05) is 12.4 Å². The highest BCUT2D eigenvalue weighted by molar-refractivity contribution is 7.99.